The second kappa shape index (κ2) is 8.73. The van der Waals surface area contributed by atoms with Gasteiger partial charge in [0.15, 0.2) is 0 Å². The molecule has 0 saturated heterocycles. The molecule has 3 aromatic rings. The molecule has 0 spiro atoms. The van der Waals surface area contributed by atoms with Crippen molar-refractivity contribution in [3.8, 4) is 0 Å². The number of aromatic nitrogens is 1. The summed E-state index contributed by atoms with van der Waals surface area (Å²) in [5.41, 5.74) is 6.38. The fourth-order valence-electron chi connectivity index (χ4n) is 2.62. The molecule has 1 heterocycles. The molecule has 2 amide bonds. The Bertz CT molecular complexity index is 1040. The molecule has 6 heteroatoms. The quantitative estimate of drug-likeness (QED) is 0.529. The highest BCUT2D eigenvalue weighted by molar-refractivity contribution is 6.06. The summed E-state index contributed by atoms with van der Waals surface area (Å²) >= 11 is 0. The van der Waals surface area contributed by atoms with E-state index in [1.807, 2.05) is 44.2 Å². The van der Waals surface area contributed by atoms with E-state index in [-0.39, 0.29) is 11.8 Å². The molecule has 0 aliphatic heterocycles. The molecule has 0 unspecified atom stereocenters. The summed E-state index contributed by atoms with van der Waals surface area (Å²) in [5.74, 6) is -0.602. The van der Waals surface area contributed by atoms with Crippen LogP contribution in [0.2, 0.25) is 0 Å². The van der Waals surface area contributed by atoms with Crippen molar-refractivity contribution in [1.82, 2.24) is 10.4 Å². The van der Waals surface area contributed by atoms with Crippen molar-refractivity contribution in [1.29, 1.82) is 0 Å². The summed E-state index contributed by atoms with van der Waals surface area (Å²) in [6.45, 7) is 3.76. The van der Waals surface area contributed by atoms with E-state index in [9.17, 15) is 9.59 Å². The van der Waals surface area contributed by atoms with Crippen LogP contribution < -0.4 is 10.7 Å². The van der Waals surface area contributed by atoms with Crippen LogP contribution in [0.15, 0.2) is 71.8 Å². The Kier molecular flexibility index (Phi) is 5.91. The summed E-state index contributed by atoms with van der Waals surface area (Å²) in [7, 11) is 0. The number of rotatable bonds is 5. The average Bonchev–Trinajstić information content (AvgIpc) is 2.68. The minimum atomic E-state index is -0.379. The summed E-state index contributed by atoms with van der Waals surface area (Å²) in [5, 5.41) is 6.75. The highest BCUT2D eigenvalue weighted by Crippen LogP contribution is 2.14. The lowest BCUT2D eigenvalue weighted by molar-refractivity contribution is 0.0953. The van der Waals surface area contributed by atoms with Crippen LogP contribution in [0.1, 0.15) is 37.7 Å². The number of carbonyl (C=O) groups is 2. The van der Waals surface area contributed by atoms with Crippen LogP contribution in [0, 0.1) is 13.8 Å². The number of hydrogen-bond acceptors (Lipinski definition) is 4. The number of hydrazone groups is 1. The maximum Gasteiger partial charge on any atom is 0.271 e. The fourth-order valence-corrected chi connectivity index (χ4v) is 2.62. The zero-order valence-electron chi connectivity index (χ0n) is 15.6. The van der Waals surface area contributed by atoms with Crippen molar-refractivity contribution in [3.05, 3.63) is 94.8 Å². The number of amides is 2. The van der Waals surface area contributed by atoms with Crippen LogP contribution in [0.3, 0.4) is 0 Å². The number of carbonyl (C=O) groups excluding carboxylic acids is 2. The molecule has 140 valence electrons. The first kappa shape index (κ1) is 19.0. The summed E-state index contributed by atoms with van der Waals surface area (Å²) < 4.78 is 0. The second-order valence-corrected chi connectivity index (χ2v) is 6.25. The average molecular weight is 372 g/mol. The molecule has 0 bridgehead atoms. The number of nitrogens with zero attached hydrogens (tertiary/aromatic N) is 2. The Labute approximate surface area is 163 Å². The molecule has 28 heavy (non-hydrogen) atoms. The first-order chi connectivity index (χ1) is 13.5. The van der Waals surface area contributed by atoms with Gasteiger partial charge in [-0.2, -0.15) is 5.10 Å². The molecule has 0 atom stereocenters. The van der Waals surface area contributed by atoms with Gasteiger partial charge < -0.3 is 5.32 Å². The normalized spacial score (nSPS) is 10.6. The summed E-state index contributed by atoms with van der Waals surface area (Å²) in [6.07, 6.45) is 1.48. The van der Waals surface area contributed by atoms with Gasteiger partial charge in [-0.05, 0) is 55.8 Å². The van der Waals surface area contributed by atoms with Crippen molar-refractivity contribution in [2.24, 2.45) is 5.10 Å². The van der Waals surface area contributed by atoms with E-state index in [1.165, 1.54) is 6.21 Å². The van der Waals surface area contributed by atoms with Crippen LogP contribution in [-0.2, 0) is 0 Å². The largest absolute Gasteiger partial charge is 0.322 e. The van der Waals surface area contributed by atoms with Gasteiger partial charge in [-0.25, -0.2) is 5.43 Å². The maximum atomic E-state index is 12.4. The third-order valence-electron chi connectivity index (χ3n) is 4.05. The number of nitrogens with one attached hydrogen (secondary N) is 2. The molecular weight excluding hydrogens is 352 g/mol. The smallest absolute Gasteiger partial charge is 0.271 e. The van der Waals surface area contributed by atoms with Gasteiger partial charge in [-0.1, -0.05) is 30.3 Å². The topological polar surface area (TPSA) is 83.5 Å². The van der Waals surface area contributed by atoms with Crippen molar-refractivity contribution in [2.45, 2.75) is 13.8 Å². The predicted molar refractivity (Wildman–Crippen MR) is 110 cm³/mol. The van der Waals surface area contributed by atoms with Gasteiger partial charge >= 0.3 is 0 Å². The van der Waals surface area contributed by atoms with E-state index in [0.717, 1.165) is 11.3 Å². The van der Waals surface area contributed by atoms with Crippen LogP contribution in [0.25, 0.3) is 0 Å². The zero-order valence-corrected chi connectivity index (χ0v) is 15.6. The fraction of sp³-hybridized carbons (Fsp3) is 0.0909. The number of anilines is 1. The highest BCUT2D eigenvalue weighted by Gasteiger charge is 2.10. The summed E-state index contributed by atoms with van der Waals surface area (Å²) in [6, 6.07) is 19.6. The van der Waals surface area contributed by atoms with Gasteiger partial charge in [0, 0.05) is 22.5 Å². The van der Waals surface area contributed by atoms with Gasteiger partial charge in [-0.15, -0.1) is 0 Å². The first-order valence-electron chi connectivity index (χ1n) is 8.77. The molecule has 0 aliphatic carbocycles. The van der Waals surface area contributed by atoms with Gasteiger partial charge in [0.2, 0.25) is 0 Å². The van der Waals surface area contributed by atoms with Gasteiger partial charge in [-0.3, -0.25) is 14.6 Å². The lowest BCUT2D eigenvalue weighted by Gasteiger charge is -2.08. The Balaban J connectivity index is 1.66. The van der Waals surface area contributed by atoms with Gasteiger partial charge in [0.1, 0.15) is 0 Å². The van der Waals surface area contributed by atoms with Gasteiger partial charge in [0.05, 0.1) is 11.9 Å². The van der Waals surface area contributed by atoms with E-state index < -0.39 is 0 Å². The number of pyridine rings is 1. The van der Waals surface area contributed by atoms with E-state index in [2.05, 4.69) is 20.8 Å². The molecule has 1 aromatic heterocycles. The van der Waals surface area contributed by atoms with Gasteiger partial charge in [0.25, 0.3) is 11.8 Å². The monoisotopic (exact) mass is 372 g/mol. The Morgan fingerprint density at radius 3 is 2.50 bits per heavy atom. The Morgan fingerprint density at radius 2 is 1.71 bits per heavy atom. The van der Waals surface area contributed by atoms with Crippen LogP contribution in [0.4, 0.5) is 5.69 Å². The molecule has 0 radical (unpaired) electrons. The Morgan fingerprint density at radius 1 is 0.929 bits per heavy atom. The Hall–Kier alpha value is -3.80. The summed E-state index contributed by atoms with van der Waals surface area (Å²) in [4.78, 5) is 29.0. The van der Waals surface area contributed by atoms with Crippen LogP contribution in [0.5, 0.6) is 0 Å². The SMILES string of the molecule is Cc1cccc(/C=N\NC(=O)c2cccc(NC(=O)c3ccccc3C)c2)n1. The number of hydrogen-bond donors (Lipinski definition) is 2. The minimum Gasteiger partial charge on any atom is -0.322 e. The maximum absolute atomic E-state index is 12.4. The first-order valence-corrected chi connectivity index (χ1v) is 8.77. The lowest BCUT2D eigenvalue weighted by Crippen LogP contribution is -2.18. The highest BCUT2D eigenvalue weighted by atomic mass is 16.2. The second-order valence-electron chi connectivity index (χ2n) is 6.25. The van der Waals surface area contributed by atoms with E-state index >= 15 is 0 Å². The van der Waals surface area contributed by atoms with Crippen molar-refractivity contribution in [2.75, 3.05) is 5.32 Å². The molecular formula is C22H20N4O2. The standard InChI is InChI=1S/C22H20N4O2/c1-15-7-3-4-12-20(15)22(28)25-18-10-6-9-17(13-18)21(27)26-23-14-19-11-5-8-16(2)24-19/h3-14H,1-2H3,(H,25,28)(H,26,27)/b23-14-. The van der Waals surface area contributed by atoms with E-state index in [1.54, 1.807) is 36.4 Å². The predicted octanol–water partition coefficient (Wildman–Crippen LogP) is 3.71. The molecule has 2 N–H and O–H groups in total. The molecule has 0 saturated carbocycles. The van der Waals surface area contributed by atoms with E-state index in [0.29, 0.717) is 22.5 Å². The molecule has 0 aliphatic rings. The zero-order chi connectivity index (χ0) is 19.9. The number of benzene rings is 2. The number of aryl methyl sites for hydroxylation is 2. The van der Waals surface area contributed by atoms with Crippen molar-refractivity contribution >= 4 is 23.7 Å². The van der Waals surface area contributed by atoms with Crippen molar-refractivity contribution < 1.29 is 9.59 Å². The lowest BCUT2D eigenvalue weighted by atomic mass is 10.1. The van der Waals surface area contributed by atoms with E-state index in [4.69, 9.17) is 0 Å². The minimum absolute atomic E-state index is 0.223. The molecule has 0 fully saturated rings. The van der Waals surface area contributed by atoms with Crippen LogP contribution in [-0.4, -0.2) is 23.0 Å². The molecule has 2 aromatic carbocycles. The molecule has 6 nitrogen and oxygen atoms in total. The van der Waals surface area contributed by atoms with Crippen LogP contribution >= 0.6 is 0 Å². The third-order valence-corrected chi connectivity index (χ3v) is 4.05. The molecule has 3 rings (SSSR count). The third kappa shape index (κ3) is 4.88. The van der Waals surface area contributed by atoms with Crippen molar-refractivity contribution in [3.63, 3.8) is 0 Å².